The number of benzene rings is 1. The van der Waals surface area contributed by atoms with Gasteiger partial charge < -0.3 is 20.9 Å². The summed E-state index contributed by atoms with van der Waals surface area (Å²) in [4.78, 5) is 42.4. The summed E-state index contributed by atoms with van der Waals surface area (Å²) in [6.07, 6.45) is 3.32. The van der Waals surface area contributed by atoms with E-state index in [1.807, 2.05) is 11.0 Å². The third kappa shape index (κ3) is 6.52. The summed E-state index contributed by atoms with van der Waals surface area (Å²) in [5.74, 6) is -0.179. The highest BCUT2D eigenvalue weighted by atomic mass is 16.2. The molecule has 4 rings (SSSR count). The van der Waals surface area contributed by atoms with Crippen molar-refractivity contribution in [1.82, 2.24) is 20.4 Å². The lowest BCUT2D eigenvalue weighted by Gasteiger charge is -2.37. The summed E-state index contributed by atoms with van der Waals surface area (Å²) in [5.41, 5.74) is 8.23. The third-order valence-electron chi connectivity index (χ3n) is 6.97. The number of carbonyl (C=O) groups excluding carboxylic acids is 3. The molecule has 9 heteroatoms. The van der Waals surface area contributed by atoms with Gasteiger partial charge in [0, 0.05) is 76.9 Å². The van der Waals surface area contributed by atoms with E-state index in [0.717, 1.165) is 64.2 Å². The predicted octanol–water partition coefficient (Wildman–Crippen LogP) is 0.0432. The lowest BCUT2D eigenvalue weighted by molar-refractivity contribution is -0.135. The van der Waals surface area contributed by atoms with Crippen LogP contribution in [0.15, 0.2) is 24.3 Å². The Morgan fingerprint density at radius 3 is 2.55 bits per heavy atom. The SMILES string of the molecule is NC1CCN(C(=O)CCN2CCN(c3cccc(CNC4CCC(=O)NC4=O)c3)CC2)CC1. The average molecular weight is 457 g/mol. The average Bonchev–Trinajstić information content (AvgIpc) is 2.83. The number of likely N-dealkylation sites (tertiary alicyclic amines) is 1. The lowest BCUT2D eigenvalue weighted by atomic mass is 10.1. The molecule has 33 heavy (non-hydrogen) atoms. The second-order valence-corrected chi connectivity index (χ2v) is 9.35. The summed E-state index contributed by atoms with van der Waals surface area (Å²) in [6, 6.07) is 8.31. The van der Waals surface area contributed by atoms with Crippen LogP contribution in [0.5, 0.6) is 0 Å². The molecule has 1 atom stereocenters. The van der Waals surface area contributed by atoms with Gasteiger partial charge in [-0.1, -0.05) is 12.1 Å². The highest BCUT2D eigenvalue weighted by Gasteiger charge is 2.26. The van der Waals surface area contributed by atoms with Crippen molar-refractivity contribution in [3.8, 4) is 0 Å². The predicted molar refractivity (Wildman–Crippen MR) is 127 cm³/mol. The van der Waals surface area contributed by atoms with Crippen LogP contribution >= 0.6 is 0 Å². The Bertz CT molecular complexity index is 846. The van der Waals surface area contributed by atoms with E-state index in [9.17, 15) is 14.4 Å². The van der Waals surface area contributed by atoms with Crippen LogP contribution in [0.4, 0.5) is 5.69 Å². The summed E-state index contributed by atoms with van der Waals surface area (Å²) < 4.78 is 0. The van der Waals surface area contributed by atoms with E-state index >= 15 is 0 Å². The van der Waals surface area contributed by atoms with E-state index in [4.69, 9.17) is 5.73 Å². The molecule has 0 saturated carbocycles. The third-order valence-corrected chi connectivity index (χ3v) is 6.97. The Labute approximate surface area is 195 Å². The number of amides is 3. The highest BCUT2D eigenvalue weighted by Crippen LogP contribution is 2.19. The number of carbonyl (C=O) groups is 3. The van der Waals surface area contributed by atoms with Crippen molar-refractivity contribution in [2.75, 3.05) is 50.7 Å². The van der Waals surface area contributed by atoms with Crippen LogP contribution in [-0.4, -0.2) is 85.4 Å². The molecule has 0 aliphatic carbocycles. The number of nitrogens with two attached hydrogens (primary N) is 1. The van der Waals surface area contributed by atoms with Gasteiger partial charge in [-0.2, -0.15) is 0 Å². The Morgan fingerprint density at radius 2 is 1.82 bits per heavy atom. The molecule has 3 aliphatic rings. The Kier molecular flexibility index (Phi) is 7.95. The maximum Gasteiger partial charge on any atom is 0.243 e. The molecule has 1 aromatic rings. The number of nitrogens with zero attached hydrogens (tertiary/aromatic N) is 3. The molecule has 4 N–H and O–H groups in total. The second kappa shape index (κ2) is 11.1. The van der Waals surface area contributed by atoms with Crippen molar-refractivity contribution < 1.29 is 14.4 Å². The standard InChI is InChI=1S/C24H36N6O3/c25-19-6-10-30(11-7-19)23(32)8-9-28-12-14-29(15-13-28)20-3-1-2-18(16-20)17-26-21-4-5-22(31)27-24(21)33/h1-3,16,19,21,26H,4-15,17,25H2,(H,27,31,33). The van der Waals surface area contributed by atoms with E-state index < -0.39 is 0 Å². The fourth-order valence-corrected chi connectivity index (χ4v) is 4.78. The molecule has 9 nitrogen and oxygen atoms in total. The second-order valence-electron chi connectivity index (χ2n) is 9.35. The monoisotopic (exact) mass is 456 g/mol. The van der Waals surface area contributed by atoms with Crippen molar-refractivity contribution in [1.29, 1.82) is 0 Å². The van der Waals surface area contributed by atoms with Gasteiger partial charge in [0.15, 0.2) is 0 Å². The molecule has 3 amide bonds. The van der Waals surface area contributed by atoms with Crippen LogP contribution in [0.2, 0.25) is 0 Å². The lowest BCUT2D eigenvalue weighted by Crippen LogP contribution is -2.50. The number of piperidine rings is 2. The molecule has 0 bridgehead atoms. The summed E-state index contributed by atoms with van der Waals surface area (Å²) in [7, 11) is 0. The molecular weight excluding hydrogens is 420 g/mol. The first-order valence-corrected chi connectivity index (χ1v) is 12.1. The van der Waals surface area contributed by atoms with E-state index in [-0.39, 0.29) is 29.8 Å². The minimum Gasteiger partial charge on any atom is -0.369 e. The smallest absolute Gasteiger partial charge is 0.243 e. The topological polar surface area (TPSA) is 111 Å². The zero-order chi connectivity index (χ0) is 23.2. The molecule has 0 spiro atoms. The number of imide groups is 1. The van der Waals surface area contributed by atoms with Crippen LogP contribution in [0.25, 0.3) is 0 Å². The minimum absolute atomic E-state index is 0.195. The molecule has 180 valence electrons. The number of piperazine rings is 1. The number of hydrogen-bond acceptors (Lipinski definition) is 7. The molecule has 3 heterocycles. The van der Waals surface area contributed by atoms with Crippen molar-refractivity contribution >= 4 is 23.4 Å². The van der Waals surface area contributed by atoms with E-state index in [1.165, 1.54) is 5.69 Å². The van der Waals surface area contributed by atoms with Crippen LogP contribution in [-0.2, 0) is 20.9 Å². The zero-order valence-corrected chi connectivity index (χ0v) is 19.3. The largest absolute Gasteiger partial charge is 0.369 e. The number of nitrogens with one attached hydrogen (secondary N) is 2. The summed E-state index contributed by atoms with van der Waals surface area (Å²) in [6.45, 7) is 6.72. The van der Waals surface area contributed by atoms with Crippen LogP contribution in [0.3, 0.4) is 0 Å². The van der Waals surface area contributed by atoms with Gasteiger partial charge in [-0.25, -0.2) is 0 Å². The summed E-state index contributed by atoms with van der Waals surface area (Å²) in [5, 5.41) is 5.66. The number of rotatable bonds is 7. The normalized spacial score (nSPS) is 23.0. The molecule has 3 fully saturated rings. The van der Waals surface area contributed by atoms with E-state index in [1.54, 1.807) is 0 Å². The molecule has 0 radical (unpaired) electrons. The Hall–Kier alpha value is -2.49. The summed E-state index contributed by atoms with van der Waals surface area (Å²) >= 11 is 0. The fourth-order valence-electron chi connectivity index (χ4n) is 4.78. The van der Waals surface area contributed by atoms with Crippen molar-refractivity contribution in [2.45, 2.75) is 50.7 Å². The number of hydrogen-bond donors (Lipinski definition) is 3. The van der Waals surface area contributed by atoms with Gasteiger partial charge in [0.2, 0.25) is 17.7 Å². The van der Waals surface area contributed by atoms with Crippen molar-refractivity contribution in [3.05, 3.63) is 29.8 Å². The van der Waals surface area contributed by atoms with Crippen LogP contribution < -0.4 is 21.3 Å². The first-order valence-electron chi connectivity index (χ1n) is 12.1. The first kappa shape index (κ1) is 23.7. The van der Waals surface area contributed by atoms with E-state index in [0.29, 0.717) is 25.8 Å². The quantitative estimate of drug-likeness (QED) is 0.497. The Morgan fingerprint density at radius 1 is 1.06 bits per heavy atom. The van der Waals surface area contributed by atoms with Gasteiger partial charge in [-0.05, 0) is 37.0 Å². The number of anilines is 1. The van der Waals surface area contributed by atoms with Crippen LogP contribution in [0.1, 0.15) is 37.7 Å². The molecule has 1 aromatic carbocycles. The van der Waals surface area contributed by atoms with Gasteiger partial charge in [0.1, 0.15) is 0 Å². The zero-order valence-electron chi connectivity index (χ0n) is 19.3. The fraction of sp³-hybridized carbons (Fsp3) is 0.625. The molecule has 3 saturated heterocycles. The van der Waals surface area contributed by atoms with Gasteiger partial charge in [-0.3, -0.25) is 24.6 Å². The Balaban J connectivity index is 1.20. The van der Waals surface area contributed by atoms with Gasteiger partial charge >= 0.3 is 0 Å². The van der Waals surface area contributed by atoms with Crippen molar-refractivity contribution in [2.24, 2.45) is 5.73 Å². The van der Waals surface area contributed by atoms with Crippen LogP contribution in [0, 0.1) is 0 Å². The van der Waals surface area contributed by atoms with Gasteiger partial charge in [0.25, 0.3) is 0 Å². The van der Waals surface area contributed by atoms with Crippen molar-refractivity contribution in [3.63, 3.8) is 0 Å². The first-order chi connectivity index (χ1) is 16.0. The molecule has 0 aromatic heterocycles. The molecule has 3 aliphatic heterocycles. The highest BCUT2D eigenvalue weighted by molar-refractivity contribution is 6.00. The molecule has 1 unspecified atom stereocenters. The molecular formula is C24H36N6O3. The van der Waals surface area contributed by atoms with Gasteiger partial charge in [0.05, 0.1) is 6.04 Å². The van der Waals surface area contributed by atoms with E-state index in [2.05, 4.69) is 38.6 Å². The maximum absolute atomic E-state index is 12.5. The maximum atomic E-state index is 12.5. The van der Waals surface area contributed by atoms with Gasteiger partial charge in [-0.15, -0.1) is 0 Å². The minimum atomic E-state index is -0.320.